The Morgan fingerprint density at radius 3 is 2.53 bits per heavy atom. The second-order valence-corrected chi connectivity index (χ2v) is 8.95. The van der Waals surface area contributed by atoms with Crippen LogP contribution in [-0.4, -0.2) is 10.8 Å². The van der Waals surface area contributed by atoms with Gasteiger partial charge in [0.2, 0.25) is 0 Å². The van der Waals surface area contributed by atoms with E-state index in [1.165, 1.54) is 18.1 Å². The summed E-state index contributed by atoms with van der Waals surface area (Å²) >= 11 is 11.8. The summed E-state index contributed by atoms with van der Waals surface area (Å²) in [5, 5.41) is 0.793. The third-order valence-electron chi connectivity index (χ3n) is 3.02. The van der Waals surface area contributed by atoms with Crippen LogP contribution in [0.25, 0.3) is 0 Å². The molecule has 0 aromatic heterocycles. The maximum absolute atomic E-state index is 6.26. The molecule has 0 fully saturated rings. The van der Waals surface area contributed by atoms with Crippen LogP contribution in [0.2, 0.25) is 5.02 Å². The van der Waals surface area contributed by atoms with Crippen molar-refractivity contribution in [2.75, 3.05) is 6.16 Å². The lowest BCUT2D eigenvalue weighted by atomic mass is 9.86. The molecular weight excluding hydrogens is 291 g/mol. The van der Waals surface area contributed by atoms with E-state index in [-0.39, 0.29) is 0 Å². The molecule has 1 aromatic rings. The molecule has 1 rings (SSSR count). The van der Waals surface area contributed by atoms with Crippen molar-refractivity contribution in [3.05, 3.63) is 34.3 Å². The number of benzene rings is 1. The summed E-state index contributed by atoms with van der Waals surface area (Å²) in [6.07, 6.45) is 2.41. The molecule has 0 aliphatic heterocycles. The molecule has 0 spiro atoms. The SMILES string of the molecule is Cc1cccc(Cl)c1C(=S)PCC(C)CC(C)(C)C. The minimum atomic E-state index is 0.395. The zero-order valence-electron chi connectivity index (χ0n) is 12.5. The van der Waals surface area contributed by atoms with Gasteiger partial charge < -0.3 is 0 Å². The fourth-order valence-corrected chi connectivity index (χ4v) is 4.55. The molecule has 0 nitrogen and oxygen atoms in total. The lowest BCUT2D eigenvalue weighted by Gasteiger charge is -2.23. The van der Waals surface area contributed by atoms with E-state index in [4.69, 9.17) is 23.8 Å². The molecule has 3 heteroatoms. The van der Waals surface area contributed by atoms with Gasteiger partial charge in [-0.15, -0.1) is 0 Å². The molecule has 2 atom stereocenters. The number of aryl methyl sites for hydroxylation is 1. The molecule has 0 saturated heterocycles. The molecule has 2 unspecified atom stereocenters. The normalized spacial score (nSPS) is 14.0. The van der Waals surface area contributed by atoms with Crippen molar-refractivity contribution in [3.8, 4) is 0 Å². The lowest BCUT2D eigenvalue weighted by molar-refractivity contribution is 0.323. The molecule has 0 saturated carbocycles. The predicted molar refractivity (Wildman–Crippen MR) is 94.3 cm³/mol. The van der Waals surface area contributed by atoms with Crippen LogP contribution in [-0.2, 0) is 0 Å². The number of hydrogen-bond donors (Lipinski definition) is 0. The molecule has 106 valence electrons. The van der Waals surface area contributed by atoms with E-state index in [9.17, 15) is 0 Å². The van der Waals surface area contributed by atoms with E-state index in [2.05, 4.69) is 40.7 Å². The van der Waals surface area contributed by atoms with Crippen LogP contribution in [0.3, 0.4) is 0 Å². The van der Waals surface area contributed by atoms with Crippen LogP contribution < -0.4 is 0 Å². The second-order valence-electron chi connectivity index (χ2n) is 6.51. The zero-order valence-corrected chi connectivity index (χ0v) is 15.1. The lowest BCUT2D eigenvalue weighted by Crippen LogP contribution is -2.12. The maximum atomic E-state index is 6.26. The summed E-state index contributed by atoms with van der Waals surface area (Å²) in [5.74, 6) is 0.707. The average molecular weight is 315 g/mol. The standard InChI is InChI=1S/C16H24ClPS/c1-11(9-16(3,4)5)10-18-15(19)14-12(2)7-6-8-13(14)17/h6-8,11,18H,9-10H2,1-5H3. The smallest absolute Gasteiger partial charge is 0.0495 e. The fraction of sp³-hybridized carbons (Fsp3) is 0.562. The van der Waals surface area contributed by atoms with Gasteiger partial charge in [-0.2, -0.15) is 0 Å². The summed E-state index contributed by atoms with van der Waals surface area (Å²) in [4.78, 5) is 0. The summed E-state index contributed by atoms with van der Waals surface area (Å²) in [7, 11) is 0.689. The van der Waals surface area contributed by atoms with E-state index in [1.54, 1.807) is 0 Å². The molecule has 19 heavy (non-hydrogen) atoms. The molecule has 1 aromatic carbocycles. The van der Waals surface area contributed by atoms with Crippen molar-refractivity contribution in [3.63, 3.8) is 0 Å². The van der Waals surface area contributed by atoms with E-state index in [0.29, 0.717) is 19.9 Å². The Balaban J connectivity index is 2.61. The molecule has 0 radical (unpaired) electrons. The van der Waals surface area contributed by atoms with Crippen molar-refractivity contribution < 1.29 is 0 Å². The van der Waals surface area contributed by atoms with Gasteiger partial charge in [0.25, 0.3) is 0 Å². The Morgan fingerprint density at radius 2 is 2.00 bits per heavy atom. The van der Waals surface area contributed by atoms with Gasteiger partial charge in [-0.05, 0) is 42.5 Å². The first-order valence-electron chi connectivity index (χ1n) is 6.74. The first-order chi connectivity index (χ1) is 8.70. The van der Waals surface area contributed by atoms with Gasteiger partial charge in [0.1, 0.15) is 0 Å². The maximum Gasteiger partial charge on any atom is 0.0495 e. The molecule has 0 amide bonds. The van der Waals surface area contributed by atoms with Crippen LogP contribution in [0.4, 0.5) is 0 Å². The Morgan fingerprint density at radius 1 is 1.37 bits per heavy atom. The average Bonchev–Trinajstić information content (AvgIpc) is 2.23. The van der Waals surface area contributed by atoms with E-state index in [0.717, 1.165) is 15.2 Å². The molecule has 0 N–H and O–H groups in total. The highest BCUT2D eigenvalue weighted by Gasteiger charge is 2.16. The van der Waals surface area contributed by atoms with Crippen LogP contribution >= 0.6 is 32.4 Å². The first kappa shape index (κ1) is 17.1. The Labute approximate surface area is 130 Å². The van der Waals surface area contributed by atoms with Crippen LogP contribution in [0.15, 0.2) is 18.2 Å². The van der Waals surface area contributed by atoms with Crippen molar-refractivity contribution in [2.45, 2.75) is 41.0 Å². The summed E-state index contributed by atoms with van der Waals surface area (Å²) < 4.78 is 1.03. The molecule has 0 aliphatic rings. The van der Waals surface area contributed by atoms with E-state index < -0.39 is 0 Å². The largest absolute Gasteiger partial charge is 0.0836 e. The van der Waals surface area contributed by atoms with Crippen LogP contribution in [0, 0.1) is 18.3 Å². The number of thiocarbonyl (C=S) groups is 1. The van der Waals surface area contributed by atoms with Crippen molar-refractivity contribution in [2.24, 2.45) is 11.3 Å². The van der Waals surface area contributed by atoms with Crippen molar-refractivity contribution >= 4 is 37.0 Å². The number of hydrogen-bond acceptors (Lipinski definition) is 1. The van der Waals surface area contributed by atoms with Gasteiger partial charge in [-0.25, -0.2) is 0 Å². The van der Waals surface area contributed by atoms with Gasteiger partial charge in [-0.3, -0.25) is 0 Å². The quantitative estimate of drug-likeness (QED) is 0.469. The topological polar surface area (TPSA) is 0 Å². The zero-order chi connectivity index (χ0) is 14.6. The summed E-state index contributed by atoms with van der Waals surface area (Å²) in [6, 6.07) is 5.99. The fourth-order valence-electron chi connectivity index (χ4n) is 2.39. The van der Waals surface area contributed by atoms with Crippen molar-refractivity contribution in [1.29, 1.82) is 0 Å². The molecular formula is C16H24ClPS. The minimum absolute atomic E-state index is 0.395. The Kier molecular flexibility index (Phi) is 6.43. The highest BCUT2D eigenvalue weighted by molar-refractivity contribution is 7.94. The van der Waals surface area contributed by atoms with Crippen molar-refractivity contribution in [1.82, 2.24) is 0 Å². The molecule has 0 aliphatic carbocycles. The highest BCUT2D eigenvalue weighted by Crippen LogP contribution is 2.33. The Bertz CT molecular complexity index is 428. The third kappa shape index (κ3) is 5.90. The first-order valence-corrected chi connectivity index (χ1v) is 8.73. The van der Waals surface area contributed by atoms with Gasteiger partial charge >= 0.3 is 0 Å². The van der Waals surface area contributed by atoms with Gasteiger partial charge in [0, 0.05) is 15.2 Å². The monoisotopic (exact) mass is 314 g/mol. The van der Waals surface area contributed by atoms with Gasteiger partial charge in [0.15, 0.2) is 0 Å². The second kappa shape index (κ2) is 7.16. The number of halogens is 1. The summed E-state index contributed by atoms with van der Waals surface area (Å²) in [5.41, 5.74) is 2.67. The highest BCUT2D eigenvalue weighted by atomic mass is 35.5. The summed E-state index contributed by atoms with van der Waals surface area (Å²) in [6.45, 7) is 11.3. The Hall–Kier alpha value is 0.0300. The number of rotatable bonds is 5. The van der Waals surface area contributed by atoms with E-state index >= 15 is 0 Å². The van der Waals surface area contributed by atoms with Gasteiger partial charge in [-0.1, -0.05) is 72.2 Å². The van der Waals surface area contributed by atoms with Crippen LogP contribution in [0.1, 0.15) is 45.2 Å². The van der Waals surface area contributed by atoms with Gasteiger partial charge in [0.05, 0.1) is 0 Å². The van der Waals surface area contributed by atoms with E-state index in [1.807, 2.05) is 12.1 Å². The van der Waals surface area contributed by atoms with Crippen LogP contribution in [0.5, 0.6) is 0 Å². The molecule has 0 bridgehead atoms. The minimum Gasteiger partial charge on any atom is -0.0836 e. The third-order valence-corrected chi connectivity index (χ3v) is 5.45. The predicted octanol–water partition coefficient (Wildman–Crippen LogP) is 6.07. The molecule has 0 heterocycles.